The van der Waals surface area contributed by atoms with Crippen LogP contribution in [-0.4, -0.2) is 5.91 Å². The lowest BCUT2D eigenvalue weighted by Gasteiger charge is -2.14. The molecule has 2 nitrogen and oxygen atoms in total. The Morgan fingerprint density at radius 3 is 2.28 bits per heavy atom. The van der Waals surface area contributed by atoms with Crippen LogP contribution in [0.5, 0.6) is 0 Å². The molecule has 2 aromatic rings. The predicted molar refractivity (Wildman–Crippen MR) is 75.7 cm³/mol. The number of benzene rings is 2. The Hall–Kier alpha value is -1.45. The van der Waals surface area contributed by atoms with Crippen molar-refractivity contribution < 1.29 is 4.79 Å². The summed E-state index contributed by atoms with van der Waals surface area (Å²) in [7, 11) is 0. The van der Waals surface area contributed by atoms with Crippen molar-refractivity contribution in [3.63, 3.8) is 0 Å². The molecule has 1 amide bonds. The Morgan fingerprint density at radius 2 is 1.67 bits per heavy atom. The SMILES string of the molecule is NC(=O)C(Sc1ccccc1Cl)c1ccccc1. The van der Waals surface area contributed by atoms with Gasteiger partial charge in [-0.2, -0.15) is 0 Å². The second kappa shape index (κ2) is 5.94. The maximum Gasteiger partial charge on any atom is 0.235 e. The van der Waals surface area contributed by atoms with E-state index < -0.39 is 5.25 Å². The molecule has 0 saturated carbocycles. The number of amides is 1. The molecule has 2 N–H and O–H groups in total. The fraction of sp³-hybridized carbons (Fsp3) is 0.0714. The maximum atomic E-state index is 11.6. The van der Waals surface area contributed by atoms with E-state index in [1.54, 1.807) is 6.07 Å². The molecule has 0 bridgehead atoms. The van der Waals surface area contributed by atoms with Crippen LogP contribution in [0, 0.1) is 0 Å². The highest BCUT2D eigenvalue weighted by Crippen LogP contribution is 2.38. The van der Waals surface area contributed by atoms with Gasteiger partial charge in [-0.25, -0.2) is 0 Å². The number of thioether (sulfide) groups is 1. The van der Waals surface area contributed by atoms with Gasteiger partial charge in [0.25, 0.3) is 0 Å². The Morgan fingerprint density at radius 1 is 1.06 bits per heavy atom. The van der Waals surface area contributed by atoms with Gasteiger partial charge in [0.05, 0.1) is 5.02 Å². The molecule has 4 heteroatoms. The van der Waals surface area contributed by atoms with E-state index in [0.717, 1.165) is 10.5 Å². The van der Waals surface area contributed by atoms with Gasteiger partial charge in [0.1, 0.15) is 5.25 Å². The maximum absolute atomic E-state index is 11.6. The van der Waals surface area contributed by atoms with Crippen LogP contribution < -0.4 is 5.73 Å². The Kier molecular flexibility index (Phi) is 4.28. The summed E-state index contributed by atoms with van der Waals surface area (Å²) in [6.45, 7) is 0. The van der Waals surface area contributed by atoms with Gasteiger partial charge in [0.2, 0.25) is 5.91 Å². The highest BCUT2D eigenvalue weighted by atomic mass is 35.5. The number of rotatable bonds is 4. The second-order valence-corrected chi connectivity index (χ2v) is 5.30. The van der Waals surface area contributed by atoms with Gasteiger partial charge < -0.3 is 5.73 Å². The number of halogens is 1. The molecule has 1 unspecified atom stereocenters. The number of carbonyl (C=O) groups is 1. The summed E-state index contributed by atoms with van der Waals surface area (Å²) in [5, 5.41) is 0.204. The highest BCUT2D eigenvalue weighted by molar-refractivity contribution is 8.00. The number of hydrogen-bond donors (Lipinski definition) is 1. The van der Waals surface area contributed by atoms with Crippen LogP contribution in [-0.2, 0) is 4.79 Å². The lowest BCUT2D eigenvalue weighted by Crippen LogP contribution is -2.18. The van der Waals surface area contributed by atoms with E-state index in [1.165, 1.54) is 11.8 Å². The summed E-state index contributed by atoms with van der Waals surface area (Å²) in [5.41, 5.74) is 6.35. The van der Waals surface area contributed by atoms with Crippen molar-refractivity contribution >= 4 is 29.3 Å². The van der Waals surface area contributed by atoms with E-state index in [4.69, 9.17) is 17.3 Å². The molecular weight excluding hydrogens is 266 g/mol. The molecule has 0 radical (unpaired) electrons. The van der Waals surface area contributed by atoms with Gasteiger partial charge in [-0.1, -0.05) is 54.1 Å². The second-order valence-electron chi connectivity index (χ2n) is 3.74. The molecule has 1 atom stereocenters. The fourth-order valence-electron chi connectivity index (χ4n) is 1.59. The topological polar surface area (TPSA) is 43.1 Å². The van der Waals surface area contributed by atoms with Gasteiger partial charge >= 0.3 is 0 Å². The average molecular weight is 278 g/mol. The Balaban J connectivity index is 2.28. The zero-order chi connectivity index (χ0) is 13.0. The summed E-state index contributed by atoms with van der Waals surface area (Å²) in [6, 6.07) is 16.9. The zero-order valence-electron chi connectivity index (χ0n) is 9.55. The molecule has 0 fully saturated rings. The van der Waals surface area contributed by atoms with Crippen LogP contribution >= 0.6 is 23.4 Å². The van der Waals surface area contributed by atoms with Gasteiger partial charge in [0.15, 0.2) is 0 Å². The molecule has 2 rings (SSSR count). The van der Waals surface area contributed by atoms with Crippen LogP contribution in [0.3, 0.4) is 0 Å². The van der Waals surface area contributed by atoms with Crippen LogP contribution in [0.2, 0.25) is 5.02 Å². The summed E-state index contributed by atoms with van der Waals surface area (Å²) in [4.78, 5) is 12.4. The quantitative estimate of drug-likeness (QED) is 0.867. The third-order valence-electron chi connectivity index (χ3n) is 2.44. The first-order chi connectivity index (χ1) is 8.68. The molecule has 0 spiro atoms. The van der Waals surface area contributed by atoms with Gasteiger partial charge in [-0.05, 0) is 17.7 Å². The summed E-state index contributed by atoms with van der Waals surface area (Å²) >= 11 is 7.46. The molecule has 0 aromatic heterocycles. The van der Waals surface area contributed by atoms with E-state index in [2.05, 4.69) is 0 Å². The molecule has 92 valence electrons. The molecule has 0 heterocycles. The minimum absolute atomic E-state index is 0.369. The van der Waals surface area contributed by atoms with Crippen molar-refractivity contribution in [2.45, 2.75) is 10.1 Å². The standard InChI is InChI=1S/C14H12ClNOS/c15-11-8-4-5-9-12(11)18-13(14(16)17)10-6-2-1-3-7-10/h1-9,13H,(H2,16,17). The Labute approximate surface area is 115 Å². The average Bonchev–Trinajstić information content (AvgIpc) is 2.38. The lowest BCUT2D eigenvalue weighted by atomic mass is 10.1. The van der Waals surface area contributed by atoms with Gasteiger partial charge in [0, 0.05) is 4.90 Å². The van der Waals surface area contributed by atoms with Crippen molar-refractivity contribution in [2.24, 2.45) is 5.73 Å². The van der Waals surface area contributed by atoms with Crippen molar-refractivity contribution in [3.05, 3.63) is 65.2 Å². The van der Waals surface area contributed by atoms with E-state index >= 15 is 0 Å². The van der Waals surface area contributed by atoms with Gasteiger partial charge in [-0.15, -0.1) is 11.8 Å². The third kappa shape index (κ3) is 3.06. The summed E-state index contributed by atoms with van der Waals surface area (Å²) in [6.07, 6.45) is 0. The number of carbonyl (C=O) groups excluding carboxylic acids is 1. The van der Waals surface area contributed by atoms with Crippen molar-refractivity contribution in [1.82, 2.24) is 0 Å². The van der Waals surface area contributed by atoms with Crippen LogP contribution in [0.1, 0.15) is 10.8 Å². The minimum atomic E-state index is -0.425. The summed E-state index contributed by atoms with van der Waals surface area (Å²) < 4.78 is 0. The lowest BCUT2D eigenvalue weighted by molar-refractivity contribution is -0.117. The minimum Gasteiger partial charge on any atom is -0.368 e. The van der Waals surface area contributed by atoms with Crippen LogP contribution in [0.25, 0.3) is 0 Å². The molecule has 18 heavy (non-hydrogen) atoms. The molecule has 0 aliphatic rings. The van der Waals surface area contributed by atoms with Crippen molar-refractivity contribution in [1.29, 1.82) is 0 Å². The largest absolute Gasteiger partial charge is 0.368 e. The van der Waals surface area contributed by atoms with E-state index in [0.29, 0.717) is 5.02 Å². The van der Waals surface area contributed by atoms with Gasteiger partial charge in [-0.3, -0.25) is 4.79 Å². The predicted octanol–water partition coefficient (Wildman–Crippen LogP) is 3.66. The molecule has 0 saturated heterocycles. The van der Waals surface area contributed by atoms with Crippen molar-refractivity contribution in [3.8, 4) is 0 Å². The zero-order valence-corrected chi connectivity index (χ0v) is 11.1. The Bertz CT molecular complexity index is 545. The number of primary amides is 1. The van der Waals surface area contributed by atoms with Crippen LogP contribution in [0.15, 0.2) is 59.5 Å². The monoisotopic (exact) mass is 277 g/mol. The normalized spacial score (nSPS) is 12.1. The summed E-state index contributed by atoms with van der Waals surface area (Å²) in [5.74, 6) is -0.369. The number of hydrogen-bond acceptors (Lipinski definition) is 2. The fourth-order valence-corrected chi connectivity index (χ4v) is 2.86. The first-order valence-corrected chi connectivity index (χ1v) is 6.69. The first-order valence-electron chi connectivity index (χ1n) is 5.44. The van der Waals surface area contributed by atoms with Crippen molar-refractivity contribution in [2.75, 3.05) is 0 Å². The molecule has 0 aliphatic carbocycles. The van der Waals surface area contributed by atoms with E-state index in [1.807, 2.05) is 48.5 Å². The highest BCUT2D eigenvalue weighted by Gasteiger charge is 2.19. The first kappa shape index (κ1) is 13.0. The van der Waals surface area contributed by atoms with Crippen LogP contribution in [0.4, 0.5) is 0 Å². The molecule has 0 aliphatic heterocycles. The number of nitrogens with two attached hydrogens (primary N) is 1. The molecule has 2 aromatic carbocycles. The van der Waals surface area contributed by atoms with E-state index in [-0.39, 0.29) is 5.91 Å². The van der Waals surface area contributed by atoms with E-state index in [9.17, 15) is 4.79 Å². The molecular formula is C14H12ClNOS. The smallest absolute Gasteiger partial charge is 0.235 e. The third-order valence-corrected chi connectivity index (χ3v) is 4.23.